The van der Waals surface area contributed by atoms with Gasteiger partial charge in [0.15, 0.2) is 0 Å². The molecule has 7 rings (SSSR count). The number of aryl methyl sites for hydroxylation is 1. The van der Waals surface area contributed by atoms with Gasteiger partial charge >= 0.3 is 0 Å². The minimum absolute atomic E-state index is 0.408. The first-order valence-electron chi connectivity index (χ1n) is 12.5. The predicted octanol–water partition coefficient (Wildman–Crippen LogP) is 9.00. The molecule has 4 aromatic rings. The van der Waals surface area contributed by atoms with Crippen LogP contribution in [0.25, 0.3) is 23.3 Å². The highest BCUT2D eigenvalue weighted by Crippen LogP contribution is 2.57. The molecule has 0 bridgehead atoms. The number of benzene rings is 4. The molecule has 1 heterocycles. The average Bonchev–Trinajstić information content (AvgIpc) is 3.27. The molecule has 0 spiro atoms. The SMILES string of the molecule is Cc1cccc(-c2c(Nc3ccccc3)ccc3c2SC2C=Cc4ccc5c(c4C32)CCC=C5)c1. The van der Waals surface area contributed by atoms with Crippen molar-refractivity contribution < 1.29 is 0 Å². The highest BCUT2D eigenvalue weighted by atomic mass is 32.2. The second-order valence-electron chi connectivity index (χ2n) is 9.76. The zero-order chi connectivity index (χ0) is 23.4. The summed E-state index contributed by atoms with van der Waals surface area (Å²) in [6.45, 7) is 2.18. The lowest BCUT2D eigenvalue weighted by molar-refractivity contribution is 0.813. The van der Waals surface area contributed by atoms with E-state index in [4.69, 9.17) is 0 Å². The highest BCUT2D eigenvalue weighted by Gasteiger charge is 2.39. The monoisotopic (exact) mass is 469 g/mol. The van der Waals surface area contributed by atoms with Gasteiger partial charge in [-0.3, -0.25) is 0 Å². The first-order chi connectivity index (χ1) is 17.3. The van der Waals surface area contributed by atoms with E-state index in [2.05, 4.69) is 115 Å². The molecule has 0 amide bonds. The van der Waals surface area contributed by atoms with Crippen LogP contribution in [0, 0.1) is 6.92 Å². The normalized spacial score (nSPS) is 19.0. The van der Waals surface area contributed by atoms with Gasteiger partial charge in [0.1, 0.15) is 0 Å². The number of thioether (sulfide) groups is 1. The maximum Gasteiger partial charge on any atom is 0.0475 e. The van der Waals surface area contributed by atoms with Gasteiger partial charge in [0, 0.05) is 33.0 Å². The molecule has 35 heavy (non-hydrogen) atoms. The molecule has 2 heteroatoms. The van der Waals surface area contributed by atoms with E-state index in [9.17, 15) is 0 Å². The number of nitrogens with one attached hydrogen (secondary N) is 1. The lowest BCUT2D eigenvalue weighted by Crippen LogP contribution is -2.18. The van der Waals surface area contributed by atoms with Crippen LogP contribution in [0.4, 0.5) is 11.4 Å². The van der Waals surface area contributed by atoms with Crippen molar-refractivity contribution in [3.05, 3.63) is 124 Å². The number of rotatable bonds is 3. The number of hydrogen-bond donors (Lipinski definition) is 1. The van der Waals surface area contributed by atoms with E-state index in [-0.39, 0.29) is 0 Å². The summed E-state index contributed by atoms with van der Waals surface area (Å²) in [6, 6.07) is 28.8. The Labute approximate surface area is 211 Å². The maximum atomic E-state index is 3.73. The maximum absolute atomic E-state index is 3.73. The van der Waals surface area contributed by atoms with Crippen LogP contribution in [0.1, 0.15) is 45.7 Å². The van der Waals surface area contributed by atoms with Crippen molar-refractivity contribution in [2.75, 3.05) is 5.32 Å². The van der Waals surface area contributed by atoms with Crippen LogP contribution in [0.15, 0.2) is 95.9 Å². The van der Waals surface area contributed by atoms with Gasteiger partial charge in [-0.25, -0.2) is 0 Å². The highest BCUT2D eigenvalue weighted by molar-refractivity contribution is 8.00. The van der Waals surface area contributed by atoms with Gasteiger partial charge in [0.2, 0.25) is 0 Å². The Kier molecular flexibility index (Phi) is 4.96. The summed E-state index contributed by atoms with van der Waals surface area (Å²) in [6.07, 6.45) is 11.7. The molecule has 0 fully saturated rings. The summed E-state index contributed by atoms with van der Waals surface area (Å²) in [5.41, 5.74) is 13.6. The fourth-order valence-corrected chi connectivity index (χ4v) is 7.50. The second-order valence-corrected chi connectivity index (χ2v) is 11.0. The molecule has 3 aliphatic rings. The Balaban J connectivity index is 1.44. The van der Waals surface area contributed by atoms with E-state index in [0.29, 0.717) is 11.2 Å². The van der Waals surface area contributed by atoms with Gasteiger partial charge < -0.3 is 5.32 Å². The van der Waals surface area contributed by atoms with E-state index in [1.165, 1.54) is 44.0 Å². The van der Waals surface area contributed by atoms with Crippen molar-refractivity contribution in [1.29, 1.82) is 0 Å². The van der Waals surface area contributed by atoms with Crippen LogP contribution in [0.2, 0.25) is 0 Å². The number of fused-ring (bicyclic) bond motifs is 7. The molecule has 2 atom stereocenters. The van der Waals surface area contributed by atoms with E-state index >= 15 is 0 Å². The molecule has 1 nitrogen and oxygen atoms in total. The Morgan fingerprint density at radius 2 is 1.74 bits per heavy atom. The first kappa shape index (κ1) is 20.8. The van der Waals surface area contributed by atoms with Crippen LogP contribution >= 0.6 is 11.8 Å². The Morgan fingerprint density at radius 1 is 0.857 bits per heavy atom. The van der Waals surface area contributed by atoms with E-state index in [0.717, 1.165) is 18.5 Å². The quantitative estimate of drug-likeness (QED) is 0.321. The van der Waals surface area contributed by atoms with Crippen molar-refractivity contribution in [3.63, 3.8) is 0 Å². The molecule has 2 unspecified atom stereocenters. The Bertz CT molecular complexity index is 1510. The zero-order valence-electron chi connectivity index (χ0n) is 19.8. The fraction of sp³-hybridized carbons (Fsp3) is 0.152. The number of hydrogen-bond acceptors (Lipinski definition) is 2. The van der Waals surface area contributed by atoms with Gasteiger partial charge in [0.25, 0.3) is 0 Å². The van der Waals surface area contributed by atoms with Crippen LogP contribution in [0.5, 0.6) is 0 Å². The molecule has 0 radical (unpaired) electrons. The van der Waals surface area contributed by atoms with Crippen molar-refractivity contribution >= 4 is 35.3 Å². The van der Waals surface area contributed by atoms with Crippen LogP contribution < -0.4 is 5.32 Å². The number of para-hydroxylation sites is 1. The summed E-state index contributed by atoms with van der Waals surface area (Å²) in [5.74, 6) is 0.408. The summed E-state index contributed by atoms with van der Waals surface area (Å²) in [4.78, 5) is 1.42. The third-order valence-corrected chi connectivity index (χ3v) is 8.90. The molecule has 1 N–H and O–H groups in total. The van der Waals surface area contributed by atoms with Crippen molar-refractivity contribution in [2.45, 2.75) is 35.8 Å². The summed E-state index contributed by atoms with van der Waals surface area (Å²) in [5, 5.41) is 4.17. The minimum Gasteiger partial charge on any atom is -0.355 e. The van der Waals surface area contributed by atoms with Crippen molar-refractivity contribution in [2.24, 2.45) is 0 Å². The topological polar surface area (TPSA) is 12.0 Å². The largest absolute Gasteiger partial charge is 0.355 e. The van der Waals surface area contributed by atoms with Crippen LogP contribution in [0.3, 0.4) is 0 Å². The minimum atomic E-state index is 0.408. The molecular formula is C33H27NS. The molecule has 1 aliphatic heterocycles. The molecule has 0 aromatic heterocycles. The molecule has 170 valence electrons. The lowest BCUT2D eigenvalue weighted by Gasteiger charge is -2.29. The average molecular weight is 470 g/mol. The molecule has 4 aromatic carbocycles. The van der Waals surface area contributed by atoms with Gasteiger partial charge in [-0.15, -0.1) is 11.8 Å². The van der Waals surface area contributed by atoms with Crippen LogP contribution in [-0.2, 0) is 6.42 Å². The third-order valence-electron chi connectivity index (χ3n) is 7.53. The predicted molar refractivity (Wildman–Crippen MR) is 151 cm³/mol. The summed E-state index contributed by atoms with van der Waals surface area (Å²) >= 11 is 2.04. The lowest BCUT2D eigenvalue weighted by atomic mass is 9.76. The van der Waals surface area contributed by atoms with E-state index in [1.807, 2.05) is 11.8 Å². The van der Waals surface area contributed by atoms with Crippen molar-refractivity contribution in [3.8, 4) is 11.1 Å². The van der Waals surface area contributed by atoms with E-state index in [1.54, 1.807) is 11.1 Å². The van der Waals surface area contributed by atoms with Gasteiger partial charge in [-0.05, 0) is 71.3 Å². The smallest absolute Gasteiger partial charge is 0.0475 e. The standard InChI is InChI=1S/C33H27NS/c1-21-8-7-10-24(20-21)31-28(34-25-11-3-2-4-12-25)18-17-27-32-29(35-33(27)31)19-16-23-15-14-22-9-5-6-13-26(22)30(23)32/h2-5,7-12,14-20,29,32,34H,6,13H2,1H3. The van der Waals surface area contributed by atoms with E-state index < -0.39 is 0 Å². The van der Waals surface area contributed by atoms with Gasteiger partial charge in [0.05, 0.1) is 0 Å². The third kappa shape index (κ3) is 3.47. The second kappa shape index (κ2) is 8.32. The summed E-state index contributed by atoms with van der Waals surface area (Å²) in [7, 11) is 0. The fourth-order valence-electron chi connectivity index (χ4n) is 5.97. The first-order valence-corrected chi connectivity index (χ1v) is 13.4. The van der Waals surface area contributed by atoms with Crippen LogP contribution in [-0.4, -0.2) is 5.25 Å². The van der Waals surface area contributed by atoms with Crippen molar-refractivity contribution in [1.82, 2.24) is 0 Å². The molecular weight excluding hydrogens is 442 g/mol. The number of anilines is 2. The molecule has 0 saturated carbocycles. The number of allylic oxidation sites excluding steroid dienone is 1. The Morgan fingerprint density at radius 3 is 2.63 bits per heavy atom. The molecule has 2 aliphatic carbocycles. The zero-order valence-corrected chi connectivity index (χ0v) is 20.6. The molecule has 0 saturated heterocycles. The van der Waals surface area contributed by atoms with Gasteiger partial charge in [-0.2, -0.15) is 0 Å². The van der Waals surface area contributed by atoms with Gasteiger partial charge in [-0.1, -0.05) is 90.5 Å². The summed E-state index contributed by atoms with van der Waals surface area (Å²) < 4.78 is 0. The Hall–Kier alpha value is -3.49.